The fraction of sp³-hybridized carbons (Fsp3) is 0.533. The number of Topliss-reactive ketones (excluding diaryl/α,β-unsaturated/α-hetero) is 1. The quantitative estimate of drug-likeness (QED) is 0.0344. The molecule has 0 heterocycles. The second kappa shape index (κ2) is 26.3. The molecule has 0 amide bonds. The highest BCUT2D eigenvalue weighted by atomic mass is 28.4. The Kier molecular flexibility index (Phi) is 22.1. The summed E-state index contributed by atoms with van der Waals surface area (Å²) in [6.07, 6.45) is -0.351. The minimum atomic E-state index is -2.73. The van der Waals surface area contributed by atoms with E-state index in [1.165, 1.54) is 24.4 Å². The Bertz CT molecular complexity index is 1550. The van der Waals surface area contributed by atoms with Crippen LogP contribution < -0.4 is 10.4 Å². The van der Waals surface area contributed by atoms with Gasteiger partial charge in [0, 0.05) is 19.3 Å². The Labute approximate surface area is 345 Å². The predicted octanol–water partition coefficient (Wildman–Crippen LogP) is 6.16. The minimum absolute atomic E-state index is 0.0151. The van der Waals surface area contributed by atoms with E-state index in [2.05, 4.69) is 76.2 Å². The highest BCUT2D eigenvalue weighted by Gasteiger charge is 2.51. The van der Waals surface area contributed by atoms with Crippen molar-refractivity contribution in [3.63, 3.8) is 0 Å². The second-order valence-electron chi connectivity index (χ2n) is 15.3. The van der Waals surface area contributed by atoms with Crippen LogP contribution in [0.4, 0.5) is 0 Å². The lowest BCUT2D eigenvalue weighted by Crippen LogP contribution is -2.67. The molecule has 0 radical (unpaired) electrons. The molecule has 0 bridgehead atoms. The third-order valence-electron chi connectivity index (χ3n) is 9.33. The van der Waals surface area contributed by atoms with E-state index in [4.69, 9.17) is 42.3 Å². The molecule has 3 aromatic carbocycles. The van der Waals surface area contributed by atoms with Gasteiger partial charge in [-0.3, -0.25) is 9.59 Å². The zero-order valence-electron chi connectivity index (χ0n) is 35.4. The van der Waals surface area contributed by atoms with Gasteiger partial charge in [-0.25, -0.2) is 0 Å². The number of carbonyl (C=O) groups is 3. The van der Waals surface area contributed by atoms with Gasteiger partial charge in [0.15, 0.2) is 0 Å². The molecule has 12 nitrogen and oxygen atoms in total. The van der Waals surface area contributed by atoms with Crippen LogP contribution >= 0.6 is 0 Å². The van der Waals surface area contributed by atoms with Gasteiger partial charge < -0.3 is 47.1 Å². The number of ether oxygens (including phenoxy) is 8. The van der Waals surface area contributed by atoms with Crippen LogP contribution in [0.15, 0.2) is 91.0 Å². The largest absolute Gasteiger partial charge is 0.469 e. The summed E-state index contributed by atoms with van der Waals surface area (Å²) in [5.41, 5.74) is 1.11. The van der Waals surface area contributed by atoms with Gasteiger partial charge in [-0.15, -0.1) is 0 Å². The number of benzene rings is 3. The molecule has 0 aliphatic carbocycles. The van der Waals surface area contributed by atoms with Crippen LogP contribution in [0.1, 0.15) is 72.8 Å². The van der Waals surface area contributed by atoms with Gasteiger partial charge in [0.1, 0.15) is 32.8 Å². The van der Waals surface area contributed by atoms with E-state index < -0.39 is 26.4 Å². The number of hydrogen-bond acceptors (Lipinski definition) is 12. The van der Waals surface area contributed by atoms with Crippen molar-refractivity contribution < 1.29 is 56.7 Å². The van der Waals surface area contributed by atoms with Crippen molar-refractivity contribution in [1.82, 2.24) is 0 Å². The average molecular weight is 825 g/mol. The number of ketones is 1. The summed E-state index contributed by atoms with van der Waals surface area (Å²) in [5.74, 6) is -1.02. The Morgan fingerprint density at radius 3 is 1.67 bits per heavy atom. The molecule has 58 heavy (non-hydrogen) atoms. The number of hydrogen-bond donors (Lipinski definition) is 0. The van der Waals surface area contributed by atoms with E-state index in [1.807, 2.05) is 49.4 Å². The first-order valence-corrected chi connectivity index (χ1v) is 21.9. The fourth-order valence-electron chi connectivity index (χ4n) is 6.31. The molecule has 0 spiro atoms. The Balaban J connectivity index is 1.46. The zero-order chi connectivity index (χ0) is 42.2. The molecule has 13 heteroatoms. The number of rotatable bonds is 29. The third-order valence-corrected chi connectivity index (χ3v) is 14.5. The number of methoxy groups -OCH3 is 1. The van der Waals surface area contributed by atoms with Crippen molar-refractivity contribution in [3.05, 3.63) is 96.6 Å². The molecule has 0 fully saturated rings. The van der Waals surface area contributed by atoms with Crippen LogP contribution in [0.25, 0.3) is 0 Å². The summed E-state index contributed by atoms with van der Waals surface area (Å²) in [6.45, 7) is 12.8. The molecular weight excluding hydrogens is 761 g/mol. The maximum absolute atomic E-state index is 12.0. The first-order valence-electron chi connectivity index (χ1n) is 20.0. The van der Waals surface area contributed by atoms with Crippen molar-refractivity contribution in [3.8, 4) is 0 Å². The monoisotopic (exact) mass is 824 g/mol. The van der Waals surface area contributed by atoms with Crippen LogP contribution in [0.3, 0.4) is 0 Å². The molecule has 3 rings (SSSR count). The van der Waals surface area contributed by atoms with Crippen molar-refractivity contribution in [2.75, 3.05) is 53.9 Å². The van der Waals surface area contributed by atoms with E-state index in [9.17, 15) is 14.4 Å². The van der Waals surface area contributed by atoms with Crippen molar-refractivity contribution in [2.45, 2.75) is 103 Å². The third kappa shape index (κ3) is 17.6. The Morgan fingerprint density at radius 1 is 0.603 bits per heavy atom. The first-order chi connectivity index (χ1) is 27.8. The van der Waals surface area contributed by atoms with Crippen LogP contribution in [0.2, 0.25) is 5.04 Å². The fourth-order valence-corrected chi connectivity index (χ4v) is 11.0. The van der Waals surface area contributed by atoms with Gasteiger partial charge in [0.2, 0.25) is 0 Å². The van der Waals surface area contributed by atoms with E-state index >= 15 is 0 Å². The average Bonchev–Trinajstić information content (AvgIpc) is 3.21. The molecule has 4 atom stereocenters. The van der Waals surface area contributed by atoms with E-state index in [-0.39, 0.29) is 95.0 Å². The maximum Gasteiger partial charge on any atom is 0.306 e. The lowest BCUT2D eigenvalue weighted by atomic mass is 10.1. The second-order valence-corrected chi connectivity index (χ2v) is 19.6. The molecule has 0 saturated heterocycles. The van der Waals surface area contributed by atoms with Crippen LogP contribution in [-0.2, 0) is 63.1 Å². The van der Waals surface area contributed by atoms with Gasteiger partial charge in [0.25, 0.3) is 8.32 Å². The molecule has 0 unspecified atom stereocenters. The smallest absolute Gasteiger partial charge is 0.306 e. The maximum atomic E-state index is 12.0. The standard InChI is InChI=1S/C45H64O12Si/c1-35(46)23-25-44(48)53-31-39(24-26-43(47)49-7)55-33-50-28-36(2)54-32-52-30-40(27-38-17-11-8-12-18-38)56-34-51-29-37(3)57-58(45(4,5)6,41-19-13-9-14-20-41)42-21-15-10-16-22-42/h8-22,36-37,39-40H,23-34H2,1-7H3/t36-,37-,39-,40-/m1/s1. The Morgan fingerprint density at radius 2 is 1.12 bits per heavy atom. The molecule has 0 aromatic heterocycles. The lowest BCUT2D eigenvalue weighted by Gasteiger charge is -2.44. The minimum Gasteiger partial charge on any atom is -0.469 e. The van der Waals surface area contributed by atoms with E-state index in [0.717, 1.165) is 5.56 Å². The predicted molar refractivity (Wildman–Crippen MR) is 223 cm³/mol. The summed E-state index contributed by atoms with van der Waals surface area (Å²) < 4.78 is 52.4. The molecule has 3 aromatic rings. The van der Waals surface area contributed by atoms with Crippen molar-refractivity contribution >= 4 is 36.4 Å². The highest BCUT2D eigenvalue weighted by molar-refractivity contribution is 6.99. The lowest BCUT2D eigenvalue weighted by molar-refractivity contribution is -0.168. The zero-order valence-corrected chi connectivity index (χ0v) is 36.4. The van der Waals surface area contributed by atoms with E-state index in [0.29, 0.717) is 13.0 Å². The molecule has 0 aliphatic rings. The summed E-state index contributed by atoms with van der Waals surface area (Å²) in [7, 11) is -1.42. The molecular formula is C45H64O12Si. The number of carbonyl (C=O) groups excluding carboxylic acids is 3. The summed E-state index contributed by atoms with van der Waals surface area (Å²) in [5, 5.41) is 2.28. The van der Waals surface area contributed by atoms with Crippen molar-refractivity contribution in [2.24, 2.45) is 0 Å². The molecule has 0 saturated carbocycles. The van der Waals surface area contributed by atoms with Gasteiger partial charge >= 0.3 is 11.9 Å². The van der Waals surface area contributed by atoms with Gasteiger partial charge in [-0.05, 0) is 48.2 Å². The van der Waals surface area contributed by atoms with Gasteiger partial charge in [-0.2, -0.15) is 0 Å². The summed E-state index contributed by atoms with van der Waals surface area (Å²) in [4.78, 5) is 34.8. The van der Waals surface area contributed by atoms with E-state index in [1.54, 1.807) is 0 Å². The highest BCUT2D eigenvalue weighted by Crippen LogP contribution is 2.37. The number of esters is 2. The molecule has 320 valence electrons. The van der Waals surface area contributed by atoms with Crippen LogP contribution in [0, 0.1) is 0 Å². The summed E-state index contributed by atoms with van der Waals surface area (Å²) >= 11 is 0. The van der Waals surface area contributed by atoms with Crippen molar-refractivity contribution in [1.29, 1.82) is 0 Å². The SMILES string of the molecule is COC(=O)CC[C@H](COC(=O)CCC(C)=O)OCOC[C@@H](C)OCOC[C@@H](Cc1ccccc1)OCOC[C@@H](C)O[Si](c1ccccc1)(c1ccccc1)C(C)(C)C. The molecule has 0 N–H and O–H groups in total. The normalized spacial score (nSPS) is 14.0. The Hall–Kier alpha value is -3.79. The topological polar surface area (TPSA) is 134 Å². The van der Waals surface area contributed by atoms with Crippen LogP contribution in [-0.4, -0.2) is 104 Å². The van der Waals surface area contributed by atoms with Crippen LogP contribution in [0.5, 0.6) is 0 Å². The summed E-state index contributed by atoms with van der Waals surface area (Å²) in [6, 6.07) is 31.2. The molecule has 0 aliphatic heterocycles. The van der Waals surface area contributed by atoms with Gasteiger partial charge in [0.05, 0.1) is 57.8 Å². The first kappa shape index (κ1) is 48.6. The van der Waals surface area contributed by atoms with Gasteiger partial charge in [-0.1, -0.05) is 112 Å².